The van der Waals surface area contributed by atoms with Gasteiger partial charge in [0.25, 0.3) is 0 Å². The summed E-state index contributed by atoms with van der Waals surface area (Å²) in [6.45, 7) is 2.74. The molecule has 9 heavy (non-hydrogen) atoms. The van der Waals surface area contributed by atoms with Crippen LogP contribution in [0.15, 0.2) is 0 Å². The van der Waals surface area contributed by atoms with Gasteiger partial charge in [-0.2, -0.15) is 0 Å². The summed E-state index contributed by atoms with van der Waals surface area (Å²) in [5, 5.41) is 11.5. The van der Waals surface area contributed by atoms with E-state index in [2.05, 4.69) is 5.32 Å². The third kappa shape index (κ3) is 0.977. The second kappa shape index (κ2) is 2.23. The van der Waals surface area contributed by atoms with Crippen molar-refractivity contribution >= 4 is 6.03 Å². The molecular weight excluding hydrogens is 120 g/mol. The first-order chi connectivity index (χ1) is 4.25. The first kappa shape index (κ1) is 6.35. The van der Waals surface area contributed by atoms with Crippen molar-refractivity contribution in [1.82, 2.24) is 10.2 Å². The quantitative estimate of drug-likeness (QED) is 0.495. The Bertz CT molecular complexity index is 126. The zero-order valence-electron chi connectivity index (χ0n) is 5.29. The van der Waals surface area contributed by atoms with Gasteiger partial charge in [0.15, 0.2) is 0 Å². The summed E-state index contributed by atoms with van der Waals surface area (Å²) in [4.78, 5) is 12.0. The number of hydrogen-bond acceptors (Lipinski definition) is 2. The Balaban J connectivity index is 2.55. The maximum Gasteiger partial charge on any atom is 0.319 e. The number of hydrogen-bond donors (Lipinski definition) is 2. The van der Waals surface area contributed by atoms with Crippen LogP contribution in [0.25, 0.3) is 0 Å². The van der Waals surface area contributed by atoms with E-state index < -0.39 is 6.23 Å². The van der Waals surface area contributed by atoms with Crippen LogP contribution < -0.4 is 5.32 Å². The summed E-state index contributed by atoms with van der Waals surface area (Å²) in [7, 11) is 0. The zero-order valence-corrected chi connectivity index (χ0v) is 5.29. The third-order valence-electron chi connectivity index (χ3n) is 1.40. The molecule has 0 aliphatic carbocycles. The minimum absolute atomic E-state index is 0.176. The average Bonchev–Trinajstić information content (AvgIpc) is 2.12. The lowest BCUT2D eigenvalue weighted by Gasteiger charge is -2.14. The fourth-order valence-electron chi connectivity index (χ4n) is 0.880. The zero-order chi connectivity index (χ0) is 6.85. The Morgan fingerprint density at radius 2 is 2.67 bits per heavy atom. The first-order valence-corrected chi connectivity index (χ1v) is 2.98. The van der Waals surface area contributed by atoms with Crippen molar-refractivity contribution in [2.24, 2.45) is 0 Å². The number of rotatable bonds is 1. The van der Waals surface area contributed by atoms with Crippen LogP contribution in [0.1, 0.15) is 6.92 Å². The maximum absolute atomic E-state index is 10.7. The van der Waals surface area contributed by atoms with E-state index in [1.165, 1.54) is 4.90 Å². The summed E-state index contributed by atoms with van der Waals surface area (Å²) in [5.41, 5.74) is 0. The molecule has 1 atom stereocenters. The Hall–Kier alpha value is -0.770. The van der Waals surface area contributed by atoms with Crippen LogP contribution in [-0.2, 0) is 0 Å². The van der Waals surface area contributed by atoms with Crippen molar-refractivity contribution < 1.29 is 9.90 Å². The maximum atomic E-state index is 10.7. The van der Waals surface area contributed by atoms with Gasteiger partial charge in [0.05, 0.1) is 6.54 Å². The van der Waals surface area contributed by atoms with Gasteiger partial charge in [-0.25, -0.2) is 4.79 Å². The van der Waals surface area contributed by atoms with Crippen LogP contribution >= 0.6 is 0 Å². The highest BCUT2D eigenvalue weighted by molar-refractivity contribution is 5.76. The molecule has 1 aliphatic rings. The van der Waals surface area contributed by atoms with Crippen LogP contribution in [0.3, 0.4) is 0 Å². The number of carbonyl (C=O) groups is 1. The number of urea groups is 1. The summed E-state index contributed by atoms with van der Waals surface area (Å²) in [6.07, 6.45) is -0.623. The molecule has 4 nitrogen and oxygen atoms in total. The molecule has 1 saturated heterocycles. The van der Waals surface area contributed by atoms with Crippen LogP contribution in [0.5, 0.6) is 0 Å². The summed E-state index contributed by atoms with van der Waals surface area (Å²) >= 11 is 0. The molecule has 52 valence electrons. The van der Waals surface area contributed by atoms with Gasteiger partial charge in [-0.3, -0.25) is 4.90 Å². The van der Waals surface area contributed by atoms with Crippen LogP contribution in [-0.4, -0.2) is 35.4 Å². The average molecular weight is 130 g/mol. The SMILES string of the molecule is CCN1C(=O)NCC1O. The summed E-state index contributed by atoms with van der Waals surface area (Å²) < 4.78 is 0. The monoisotopic (exact) mass is 130 g/mol. The van der Waals surface area contributed by atoms with Crippen molar-refractivity contribution in [2.45, 2.75) is 13.2 Å². The Morgan fingerprint density at radius 1 is 2.00 bits per heavy atom. The van der Waals surface area contributed by atoms with Crippen molar-refractivity contribution in [1.29, 1.82) is 0 Å². The van der Waals surface area contributed by atoms with E-state index in [-0.39, 0.29) is 6.03 Å². The number of aliphatic hydroxyl groups excluding tert-OH is 1. The van der Waals surface area contributed by atoms with Crippen LogP contribution in [0.2, 0.25) is 0 Å². The molecule has 1 rings (SSSR count). The molecule has 0 aromatic heterocycles. The van der Waals surface area contributed by atoms with Crippen molar-refractivity contribution in [2.75, 3.05) is 13.1 Å². The third-order valence-corrected chi connectivity index (χ3v) is 1.40. The van der Waals surface area contributed by atoms with Crippen LogP contribution in [0, 0.1) is 0 Å². The van der Waals surface area contributed by atoms with E-state index in [1.807, 2.05) is 6.92 Å². The van der Waals surface area contributed by atoms with Gasteiger partial charge < -0.3 is 10.4 Å². The second-order valence-corrected chi connectivity index (χ2v) is 1.95. The molecule has 0 aromatic carbocycles. The Labute approximate surface area is 53.5 Å². The number of likely N-dealkylation sites (N-methyl/N-ethyl adjacent to an activating group) is 1. The normalized spacial score (nSPS) is 26.7. The lowest BCUT2D eigenvalue weighted by atomic mass is 10.5. The predicted molar refractivity (Wildman–Crippen MR) is 31.8 cm³/mol. The second-order valence-electron chi connectivity index (χ2n) is 1.95. The van der Waals surface area contributed by atoms with E-state index in [4.69, 9.17) is 5.11 Å². The number of β-amino-alcohol motifs (C(OH)–C–C–N with tert-alkyl or cyclic N) is 1. The molecule has 0 spiro atoms. The van der Waals surface area contributed by atoms with Gasteiger partial charge in [0, 0.05) is 6.54 Å². The lowest BCUT2D eigenvalue weighted by Crippen LogP contribution is -2.33. The molecule has 2 N–H and O–H groups in total. The molecular formula is C5H10N2O2. The molecule has 4 heteroatoms. The van der Waals surface area contributed by atoms with E-state index in [1.54, 1.807) is 0 Å². The van der Waals surface area contributed by atoms with E-state index in [9.17, 15) is 4.79 Å². The summed E-state index contributed by atoms with van der Waals surface area (Å²) in [6, 6.07) is -0.176. The molecule has 1 aliphatic heterocycles. The standard InChI is InChI=1S/C5H10N2O2/c1-2-7-4(8)3-6-5(7)9/h4,8H,2-3H2,1H3,(H,6,9). The number of aliphatic hydroxyl groups is 1. The van der Waals surface area contributed by atoms with Gasteiger partial charge in [-0.15, -0.1) is 0 Å². The highest BCUT2D eigenvalue weighted by Crippen LogP contribution is 2.01. The molecule has 1 fully saturated rings. The summed E-state index contributed by atoms with van der Waals surface area (Å²) in [5.74, 6) is 0. The Kier molecular flexibility index (Phi) is 1.57. The van der Waals surface area contributed by atoms with Gasteiger partial charge in [-0.05, 0) is 6.92 Å². The topological polar surface area (TPSA) is 52.6 Å². The van der Waals surface area contributed by atoms with Crippen molar-refractivity contribution in [3.8, 4) is 0 Å². The van der Waals surface area contributed by atoms with E-state index in [0.717, 1.165) is 0 Å². The minimum atomic E-state index is -0.623. The fourth-order valence-corrected chi connectivity index (χ4v) is 0.880. The molecule has 0 radical (unpaired) electrons. The smallest absolute Gasteiger partial charge is 0.319 e. The minimum Gasteiger partial charge on any atom is -0.372 e. The fraction of sp³-hybridized carbons (Fsp3) is 0.800. The van der Waals surface area contributed by atoms with E-state index >= 15 is 0 Å². The van der Waals surface area contributed by atoms with Crippen molar-refractivity contribution in [3.05, 3.63) is 0 Å². The first-order valence-electron chi connectivity index (χ1n) is 2.98. The van der Waals surface area contributed by atoms with E-state index in [0.29, 0.717) is 13.1 Å². The lowest BCUT2D eigenvalue weighted by molar-refractivity contribution is 0.0684. The highest BCUT2D eigenvalue weighted by atomic mass is 16.3. The number of nitrogens with zero attached hydrogens (tertiary/aromatic N) is 1. The van der Waals surface area contributed by atoms with Gasteiger partial charge in [0.2, 0.25) is 0 Å². The van der Waals surface area contributed by atoms with Gasteiger partial charge in [-0.1, -0.05) is 0 Å². The predicted octanol–water partition coefficient (Wildman–Crippen LogP) is -0.650. The molecule has 2 amide bonds. The Morgan fingerprint density at radius 3 is 2.89 bits per heavy atom. The molecule has 0 aromatic rings. The molecule has 1 unspecified atom stereocenters. The van der Waals surface area contributed by atoms with Crippen LogP contribution in [0.4, 0.5) is 4.79 Å². The van der Waals surface area contributed by atoms with Crippen molar-refractivity contribution in [3.63, 3.8) is 0 Å². The van der Waals surface area contributed by atoms with Gasteiger partial charge in [0.1, 0.15) is 6.23 Å². The van der Waals surface area contributed by atoms with Gasteiger partial charge >= 0.3 is 6.03 Å². The molecule has 0 saturated carbocycles. The molecule has 1 heterocycles. The molecule has 0 bridgehead atoms. The number of carbonyl (C=O) groups excluding carboxylic acids is 1. The highest BCUT2D eigenvalue weighted by Gasteiger charge is 2.26. The number of amides is 2. The largest absolute Gasteiger partial charge is 0.372 e. The number of nitrogens with one attached hydrogen (secondary N) is 1.